The number of hydrogen-bond acceptors (Lipinski definition) is 2. The van der Waals surface area contributed by atoms with Gasteiger partial charge in [-0.2, -0.15) is 0 Å². The molecule has 0 bridgehead atoms. The predicted molar refractivity (Wildman–Crippen MR) is 301 cm³/mol. The molecule has 12 rings (SSSR count). The third-order valence-corrected chi connectivity index (χ3v) is 13.9. The highest BCUT2D eigenvalue weighted by molar-refractivity contribution is 5.89. The van der Waals surface area contributed by atoms with Crippen molar-refractivity contribution in [2.24, 2.45) is 0 Å². The van der Waals surface area contributed by atoms with Crippen LogP contribution in [0.15, 0.2) is 247 Å². The van der Waals surface area contributed by atoms with E-state index in [1.165, 1.54) is 4.90 Å². The third-order valence-electron chi connectivity index (χ3n) is 13.9. The van der Waals surface area contributed by atoms with Crippen molar-refractivity contribution in [3.63, 3.8) is 0 Å². The quantitative estimate of drug-likeness (QED) is 0.114. The third kappa shape index (κ3) is 7.77. The van der Waals surface area contributed by atoms with Gasteiger partial charge in [-0.25, -0.2) is 0 Å². The summed E-state index contributed by atoms with van der Waals surface area (Å²) >= 11 is 0. The molecule has 0 saturated heterocycles. The van der Waals surface area contributed by atoms with Crippen LogP contribution < -0.4 is 15.5 Å². The molecule has 0 saturated carbocycles. The van der Waals surface area contributed by atoms with Crippen LogP contribution in [0.3, 0.4) is 0 Å². The van der Waals surface area contributed by atoms with Gasteiger partial charge in [-0.3, -0.25) is 0 Å². The number of rotatable bonds is 12. The highest BCUT2D eigenvalue weighted by Crippen LogP contribution is 2.57. The fourth-order valence-corrected chi connectivity index (χ4v) is 10.6. The lowest BCUT2D eigenvalue weighted by atomic mass is 9.67. The molecule has 3 unspecified atom stereocenters. The van der Waals surface area contributed by atoms with Gasteiger partial charge in [-0.05, 0) is 146 Å². The van der Waals surface area contributed by atoms with Gasteiger partial charge in [0.15, 0.2) is 0 Å². The van der Waals surface area contributed by atoms with E-state index >= 15 is 0 Å². The molecule has 1 heterocycles. The van der Waals surface area contributed by atoms with Crippen LogP contribution in [-0.4, -0.2) is 6.04 Å². The van der Waals surface area contributed by atoms with Gasteiger partial charge in [0.05, 0.1) is 23.8 Å². The van der Waals surface area contributed by atoms with Crippen molar-refractivity contribution in [3.8, 4) is 11.1 Å². The number of para-hydroxylation sites is 1. The summed E-state index contributed by atoms with van der Waals surface area (Å²) in [7, 11) is 0. The summed E-state index contributed by atoms with van der Waals surface area (Å²) in [5, 5.41) is 1.70. The van der Waals surface area contributed by atoms with Gasteiger partial charge in [0.25, 0.3) is 0 Å². The summed E-state index contributed by atoms with van der Waals surface area (Å²) in [5.41, 5.74) is 7.22. The number of benzene rings is 7. The fraction of sp³-hybridized carbons (Fsp3) is 0.101. The zero-order valence-corrected chi connectivity index (χ0v) is 39.0. The standard InChI is InChI=1S/C69H55NO/c1-3-5-18-48-32-35-54(46-53(48)19-6-4-2)51-38-42-58(43-39-51)70(57-40-36-50(37-41-57)49-30-33-52(34-31-49)60-26-17-27-64-63-25-14-16-29-67(63)71-68(60)64)59-44-45-62-61-24-13-15-28-65(61)69(66(62)47-59,55-20-9-7-10-21-55)56-22-11-8-12-23-56/h3-16,18-25,27-30,32-33,35-42,44-47,58H,1-2,17,26,31,34,43H2/b18-5-,19-6-/i30D,31D,33D,34D,36D,37D,40D,41D,44D,45D,47D. The van der Waals surface area contributed by atoms with Crippen molar-refractivity contribution in [1.29, 1.82) is 0 Å². The van der Waals surface area contributed by atoms with Gasteiger partial charge in [-0.1, -0.05) is 219 Å². The minimum Gasteiger partial charge on any atom is -0.456 e. The first-order chi connectivity index (χ1) is 39.7. The zero-order chi connectivity index (χ0) is 57.3. The van der Waals surface area contributed by atoms with Crippen LogP contribution in [0.5, 0.6) is 0 Å². The molecule has 8 aromatic rings. The summed E-state index contributed by atoms with van der Waals surface area (Å²) in [6, 6.07) is 36.2. The van der Waals surface area contributed by atoms with Crippen molar-refractivity contribution in [3.05, 3.63) is 298 Å². The van der Waals surface area contributed by atoms with E-state index in [-0.39, 0.29) is 58.7 Å². The SMILES string of the molecule is [2H]C1=C(C2=c3oc4ccccc4c3=CCC2)C([2H])C([2H])C(c2c([2H])c([2H])c(N(c3c([2H])c([2H])c4c(c3[2H])C(c3ccccc3)(c3ccccc3)c3ccccc3-4)C3C=CC(c4ccc(/C=C\C=C)c(/C=C\C=C)c4)=CC3)c([2H])c2[2H])=C1[2H]. The summed E-state index contributed by atoms with van der Waals surface area (Å²) in [6.45, 7) is 7.69. The Morgan fingerprint density at radius 1 is 0.648 bits per heavy atom. The molecule has 0 aliphatic heterocycles. The van der Waals surface area contributed by atoms with Crippen LogP contribution in [0.4, 0.5) is 11.4 Å². The van der Waals surface area contributed by atoms with Crippen LogP contribution in [0.1, 0.15) is 91.6 Å². The number of allylic oxidation sites excluding steroid dienone is 10. The average Bonchev–Trinajstić information content (AvgIpc) is 2.53. The topological polar surface area (TPSA) is 16.4 Å². The largest absolute Gasteiger partial charge is 0.456 e. The molecule has 0 N–H and O–H groups in total. The van der Waals surface area contributed by atoms with Crippen molar-refractivity contribution in [2.75, 3.05) is 4.90 Å². The lowest BCUT2D eigenvalue weighted by Crippen LogP contribution is -2.31. The molecule has 71 heavy (non-hydrogen) atoms. The maximum absolute atomic E-state index is 10.7. The van der Waals surface area contributed by atoms with Gasteiger partial charge in [-0.15, -0.1) is 0 Å². The van der Waals surface area contributed by atoms with E-state index in [4.69, 9.17) is 4.42 Å². The molecule has 2 nitrogen and oxygen atoms in total. The van der Waals surface area contributed by atoms with E-state index in [0.29, 0.717) is 46.1 Å². The molecule has 4 aliphatic rings. The maximum Gasteiger partial charge on any atom is 0.138 e. The number of nitrogens with zero attached hydrogens (tertiary/aromatic N) is 1. The molecule has 2 heteroatoms. The van der Waals surface area contributed by atoms with Gasteiger partial charge in [0, 0.05) is 24.7 Å². The Kier molecular flexibility index (Phi) is 8.77. The normalized spacial score (nSPS) is 21.2. The first-order valence-electron chi connectivity index (χ1n) is 29.7. The second-order valence-electron chi connectivity index (χ2n) is 17.9. The number of furan rings is 1. The summed E-state index contributed by atoms with van der Waals surface area (Å²) < 4.78 is 115. The highest BCUT2D eigenvalue weighted by atomic mass is 16.3. The Balaban J connectivity index is 1.08. The minimum absolute atomic E-state index is 0.0987. The predicted octanol–water partition coefficient (Wildman–Crippen LogP) is 16.3. The fourth-order valence-electron chi connectivity index (χ4n) is 10.6. The Morgan fingerprint density at radius 2 is 1.34 bits per heavy atom. The zero-order valence-electron chi connectivity index (χ0n) is 50.0. The lowest BCUT2D eigenvalue weighted by Gasteiger charge is -2.36. The van der Waals surface area contributed by atoms with Gasteiger partial charge >= 0.3 is 0 Å². The Hall–Kier alpha value is -8.46. The van der Waals surface area contributed by atoms with Crippen LogP contribution in [0.25, 0.3) is 57.0 Å². The molecule has 0 radical (unpaired) electrons. The van der Waals surface area contributed by atoms with Crippen LogP contribution >= 0.6 is 0 Å². The lowest BCUT2D eigenvalue weighted by molar-refractivity contribution is 0.567. The van der Waals surface area contributed by atoms with E-state index in [1.807, 2.05) is 164 Å². The molecular weight excluding hydrogens is 859 g/mol. The average molecular weight is 925 g/mol. The second kappa shape index (κ2) is 18.8. The number of fused-ring (bicyclic) bond motifs is 6. The van der Waals surface area contributed by atoms with Crippen molar-refractivity contribution in [1.82, 2.24) is 0 Å². The Morgan fingerprint density at radius 3 is 2.10 bits per heavy atom. The van der Waals surface area contributed by atoms with Gasteiger partial charge < -0.3 is 9.32 Å². The first-order valence-corrected chi connectivity index (χ1v) is 24.1. The minimum atomic E-state index is -1.60. The summed E-state index contributed by atoms with van der Waals surface area (Å²) in [6.07, 6.45) is 17.0. The first kappa shape index (κ1) is 33.1. The molecule has 4 aliphatic carbocycles. The maximum atomic E-state index is 10.7. The van der Waals surface area contributed by atoms with Crippen LogP contribution in [0, 0.1) is 0 Å². The van der Waals surface area contributed by atoms with Crippen LogP contribution in [0.2, 0.25) is 0 Å². The molecule has 0 fully saturated rings. The Labute approximate surface area is 433 Å². The van der Waals surface area contributed by atoms with E-state index in [2.05, 4.69) is 25.3 Å². The molecule has 342 valence electrons. The van der Waals surface area contributed by atoms with E-state index < -0.39 is 54.5 Å². The van der Waals surface area contributed by atoms with Gasteiger partial charge in [0.2, 0.25) is 0 Å². The number of anilines is 2. The molecular formula is C69H55NO. The molecule has 0 amide bonds. The highest BCUT2D eigenvalue weighted by Gasteiger charge is 2.46. The Bertz CT molecular complexity index is 4270. The van der Waals surface area contributed by atoms with E-state index in [9.17, 15) is 15.1 Å². The van der Waals surface area contributed by atoms with Crippen LogP contribution in [-0.2, 0) is 5.41 Å². The smallest absolute Gasteiger partial charge is 0.138 e. The van der Waals surface area contributed by atoms with Crippen molar-refractivity contribution >= 4 is 57.3 Å². The summed E-state index contributed by atoms with van der Waals surface area (Å²) in [5.74, 6) is 0. The molecule has 7 aromatic carbocycles. The second-order valence-corrected chi connectivity index (χ2v) is 17.9. The molecule has 3 atom stereocenters. The molecule has 1 aromatic heterocycles. The molecule has 0 spiro atoms. The van der Waals surface area contributed by atoms with E-state index in [1.54, 1.807) is 12.2 Å². The van der Waals surface area contributed by atoms with Gasteiger partial charge in [0.1, 0.15) is 11.0 Å². The van der Waals surface area contributed by atoms with Crippen molar-refractivity contribution in [2.45, 2.75) is 43.5 Å². The summed E-state index contributed by atoms with van der Waals surface area (Å²) in [4.78, 5) is 1.51. The number of hydrogen-bond donors (Lipinski definition) is 0. The van der Waals surface area contributed by atoms with E-state index in [0.717, 1.165) is 49.6 Å². The monoisotopic (exact) mass is 924 g/mol. The van der Waals surface area contributed by atoms with Crippen molar-refractivity contribution < 1.29 is 19.5 Å².